The minimum Gasteiger partial charge on any atom is -0.314 e. The van der Waals surface area contributed by atoms with Crippen LogP contribution in [0.2, 0.25) is 0 Å². The molecule has 1 aliphatic rings. The van der Waals surface area contributed by atoms with Crippen molar-refractivity contribution in [2.24, 2.45) is 0 Å². The molecule has 21 heavy (non-hydrogen) atoms. The van der Waals surface area contributed by atoms with Gasteiger partial charge in [-0.05, 0) is 38.1 Å². The number of hydrogen-bond acceptors (Lipinski definition) is 3. The SMILES string of the molecule is CC(C)NCCc1ccccc1CN1CCN(C)CC1C. The van der Waals surface area contributed by atoms with Gasteiger partial charge in [0.05, 0.1) is 0 Å². The van der Waals surface area contributed by atoms with Gasteiger partial charge in [-0.2, -0.15) is 0 Å². The van der Waals surface area contributed by atoms with Gasteiger partial charge >= 0.3 is 0 Å². The van der Waals surface area contributed by atoms with Crippen molar-refractivity contribution in [3.05, 3.63) is 35.4 Å². The van der Waals surface area contributed by atoms with E-state index >= 15 is 0 Å². The summed E-state index contributed by atoms with van der Waals surface area (Å²) in [6.45, 7) is 12.4. The van der Waals surface area contributed by atoms with Crippen molar-refractivity contribution < 1.29 is 0 Å². The van der Waals surface area contributed by atoms with Gasteiger partial charge in [-0.1, -0.05) is 38.1 Å². The zero-order valence-corrected chi connectivity index (χ0v) is 14.1. The van der Waals surface area contributed by atoms with Crippen LogP contribution in [0.4, 0.5) is 0 Å². The maximum Gasteiger partial charge on any atom is 0.0240 e. The fourth-order valence-corrected chi connectivity index (χ4v) is 3.08. The quantitative estimate of drug-likeness (QED) is 0.867. The number of nitrogens with one attached hydrogen (secondary N) is 1. The van der Waals surface area contributed by atoms with Gasteiger partial charge in [0.2, 0.25) is 0 Å². The topological polar surface area (TPSA) is 18.5 Å². The minimum atomic E-state index is 0.565. The van der Waals surface area contributed by atoms with Crippen molar-refractivity contribution in [2.75, 3.05) is 33.2 Å². The molecule has 2 rings (SSSR count). The van der Waals surface area contributed by atoms with Gasteiger partial charge in [0, 0.05) is 38.3 Å². The summed E-state index contributed by atoms with van der Waals surface area (Å²) >= 11 is 0. The third-order valence-electron chi connectivity index (χ3n) is 4.41. The monoisotopic (exact) mass is 289 g/mol. The first-order chi connectivity index (χ1) is 10.1. The lowest BCUT2D eigenvalue weighted by atomic mass is 10.0. The van der Waals surface area contributed by atoms with Gasteiger partial charge < -0.3 is 10.2 Å². The first kappa shape index (κ1) is 16.5. The Morgan fingerprint density at radius 3 is 2.57 bits per heavy atom. The van der Waals surface area contributed by atoms with Crippen LogP contribution in [0.25, 0.3) is 0 Å². The predicted octanol–water partition coefficient (Wildman–Crippen LogP) is 2.36. The lowest BCUT2D eigenvalue weighted by Gasteiger charge is -2.38. The van der Waals surface area contributed by atoms with Crippen LogP contribution in [-0.4, -0.2) is 55.1 Å². The molecular weight excluding hydrogens is 258 g/mol. The largest absolute Gasteiger partial charge is 0.314 e. The molecule has 1 unspecified atom stereocenters. The van der Waals surface area contributed by atoms with Crippen LogP contribution in [0.5, 0.6) is 0 Å². The zero-order valence-electron chi connectivity index (χ0n) is 14.1. The Bertz CT molecular complexity index is 430. The molecule has 0 aromatic heterocycles. The number of rotatable bonds is 6. The van der Waals surface area contributed by atoms with Crippen molar-refractivity contribution in [1.29, 1.82) is 0 Å². The van der Waals surface area contributed by atoms with Crippen LogP contribution in [-0.2, 0) is 13.0 Å². The highest BCUT2D eigenvalue weighted by Crippen LogP contribution is 2.16. The maximum atomic E-state index is 3.52. The lowest BCUT2D eigenvalue weighted by molar-refractivity contribution is 0.0936. The number of hydrogen-bond donors (Lipinski definition) is 1. The first-order valence-corrected chi connectivity index (χ1v) is 8.29. The fourth-order valence-electron chi connectivity index (χ4n) is 3.08. The molecule has 0 bridgehead atoms. The second kappa shape index (κ2) is 7.92. The van der Waals surface area contributed by atoms with E-state index in [0.29, 0.717) is 12.1 Å². The Hall–Kier alpha value is -0.900. The Morgan fingerprint density at radius 1 is 1.19 bits per heavy atom. The van der Waals surface area contributed by atoms with E-state index in [2.05, 4.69) is 67.2 Å². The van der Waals surface area contributed by atoms with Crippen molar-refractivity contribution in [1.82, 2.24) is 15.1 Å². The van der Waals surface area contributed by atoms with E-state index in [1.54, 1.807) is 0 Å². The van der Waals surface area contributed by atoms with Gasteiger partial charge in [0.1, 0.15) is 0 Å². The van der Waals surface area contributed by atoms with Gasteiger partial charge in [0.15, 0.2) is 0 Å². The van der Waals surface area contributed by atoms with E-state index in [1.165, 1.54) is 30.8 Å². The number of benzene rings is 1. The molecule has 1 heterocycles. The van der Waals surface area contributed by atoms with Crippen LogP contribution in [0.1, 0.15) is 31.9 Å². The summed E-state index contributed by atoms with van der Waals surface area (Å²) in [6, 6.07) is 10.1. The Balaban J connectivity index is 1.96. The van der Waals surface area contributed by atoms with E-state index in [1.807, 2.05) is 0 Å². The molecule has 0 amide bonds. The fraction of sp³-hybridized carbons (Fsp3) is 0.667. The summed E-state index contributed by atoms with van der Waals surface area (Å²) in [4.78, 5) is 5.05. The highest BCUT2D eigenvalue weighted by Gasteiger charge is 2.21. The molecule has 0 aliphatic carbocycles. The molecule has 3 nitrogen and oxygen atoms in total. The van der Waals surface area contributed by atoms with Crippen molar-refractivity contribution in [3.8, 4) is 0 Å². The first-order valence-electron chi connectivity index (χ1n) is 8.29. The van der Waals surface area contributed by atoms with Crippen molar-refractivity contribution in [2.45, 2.75) is 45.8 Å². The minimum absolute atomic E-state index is 0.565. The summed E-state index contributed by atoms with van der Waals surface area (Å²) in [6.07, 6.45) is 1.12. The second-order valence-corrected chi connectivity index (χ2v) is 6.71. The summed E-state index contributed by atoms with van der Waals surface area (Å²) in [5, 5.41) is 3.52. The Labute approximate surface area is 130 Å². The second-order valence-electron chi connectivity index (χ2n) is 6.71. The lowest BCUT2D eigenvalue weighted by Crippen LogP contribution is -2.49. The van der Waals surface area contributed by atoms with Gasteiger partial charge in [0.25, 0.3) is 0 Å². The third kappa shape index (κ3) is 5.10. The summed E-state index contributed by atoms with van der Waals surface area (Å²) < 4.78 is 0. The van der Waals surface area contributed by atoms with Crippen LogP contribution in [0, 0.1) is 0 Å². The standard InChI is InChI=1S/C18H31N3/c1-15(2)19-10-9-17-7-5-6-8-18(17)14-21-12-11-20(4)13-16(21)3/h5-8,15-16,19H,9-14H2,1-4H3. The molecule has 3 heteroatoms. The highest BCUT2D eigenvalue weighted by molar-refractivity contribution is 5.27. The van der Waals surface area contributed by atoms with E-state index in [4.69, 9.17) is 0 Å². The summed E-state index contributed by atoms with van der Waals surface area (Å²) in [5.74, 6) is 0. The maximum absolute atomic E-state index is 3.52. The van der Waals surface area contributed by atoms with Gasteiger partial charge in [-0.25, -0.2) is 0 Å². The molecule has 0 radical (unpaired) electrons. The normalized spacial score (nSPS) is 21.1. The van der Waals surface area contributed by atoms with Crippen LogP contribution < -0.4 is 5.32 Å². The molecule has 1 N–H and O–H groups in total. The molecule has 1 fully saturated rings. The van der Waals surface area contributed by atoms with Crippen molar-refractivity contribution >= 4 is 0 Å². The summed E-state index contributed by atoms with van der Waals surface area (Å²) in [5.41, 5.74) is 3.00. The molecule has 118 valence electrons. The van der Waals surface area contributed by atoms with Crippen LogP contribution in [0.3, 0.4) is 0 Å². The van der Waals surface area contributed by atoms with E-state index in [-0.39, 0.29) is 0 Å². The van der Waals surface area contributed by atoms with Crippen LogP contribution >= 0.6 is 0 Å². The Morgan fingerprint density at radius 2 is 1.90 bits per heavy atom. The highest BCUT2D eigenvalue weighted by atomic mass is 15.3. The molecule has 0 saturated carbocycles. The molecular formula is C18H31N3. The molecule has 0 spiro atoms. The van der Waals surface area contributed by atoms with E-state index < -0.39 is 0 Å². The van der Waals surface area contributed by atoms with E-state index in [0.717, 1.165) is 19.5 Å². The average Bonchev–Trinajstić information content (AvgIpc) is 2.43. The molecule has 1 saturated heterocycles. The molecule has 1 aliphatic heterocycles. The number of likely N-dealkylation sites (N-methyl/N-ethyl adjacent to an activating group) is 1. The zero-order chi connectivity index (χ0) is 15.2. The van der Waals surface area contributed by atoms with E-state index in [9.17, 15) is 0 Å². The van der Waals surface area contributed by atoms with Crippen molar-refractivity contribution in [3.63, 3.8) is 0 Å². The third-order valence-corrected chi connectivity index (χ3v) is 4.41. The molecule has 1 atom stereocenters. The van der Waals surface area contributed by atoms with Gasteiger partial charge in [-0.15, -0.1) is 0 Å². The summed E-state index contributed by atoms with van der Waals surface area (Å²) in [7, 11) is 2.22. The van der Waals surface area contributed by atoms with Crippen LogP contribution in [0.15, 0.2) is 24.3 Å². The predicted molar refractivity (Wildman–Crippen MR) is 90.7 cm³/mol. The smallest absolute Gasteiger partial charge is 0.0240 e. The Kier molecular flexibility index (Phi) is 6.22. The number of piperazine rings is 1. The number of nitrogens with zero attached hydrogens (tertiary/aromatic N) is 2. The molecule has 1 aromatic carbocycles. The molecule has 1 aromatic rings. The average molecular weight is 289 g/mol. The van der Waals surface area contributed by atoms with Gasteiger partial charge in [-0.3, -0.25) is 4.90 Å².